The Balaban J connectivity index is 2.04. The summed E-state index contributed by atoms with van der Waals surface area (Å²) in [6.07, 6.45) is 1.14. The van der Waals surface area contributed by atoms with Gasteiger partial charge in [-0.2, -0.15) is 0 Å². The molecular formula is C15H14ClN3O3. The second-order valence-corrected chi connectivity index (χ2v) is 5.22. The van der Waals surface area contributed by atoms with Crippen molar-refractivity contribution in [1.82, 2.24) is 9.97 Å². The van der Waals surface area contributed by atoms with Crippen LogP contribution in [0.4, 0.5) is 5.95 Å². The van der Waals surface area contributed by atoms with Gasteiger partial charge >= 0.3 is 5.97 Å². The van der Waals surface area contributed by atoms with Gasteiger partial charge in [0.1, 0.15) is 11.9 Å². The Hall–Kier alpha value is -2.34. The van der Waals surface area contributed by atoms with E-state index in [1.807, 2.05) is 0 Å². The second kappa shape index (κ2) is 5.81. The van der Waals surface area contributed by atoms with Crippen LogP contribution in [-0.4, -0.2) is 22.5 Å². The normalized spacial score (nSPS) is 15.5. The van der Waals surface area contributed by atoms with E-state index in [-0.39, 0.29) is 18.3 Å². The Bertz CT molecular complexity index is 736. The number of carbonyl (C=O) groups is 1. The van der Waals surface area contributed by atoms with Crippen molar-refractivity contribution in [3.05, 3.63) is 35.0 Å². The summed E-state index contributed by atoms with van der Waals surface area (Å²) in [6, 6.07) is 5.22. The molecule has 0 spiro atoms. The molecule has 0 aliphatic carbocycles. The summed E-state index contributed by atoms with van der Waals surface area (Å²) < 4.78 is 10.9. The summed E-state index contributed by atoms with van der Waals surface area (Å²) in [7, 11) is 0. The molecule has 0 amide bonds. The predicted octanol–water partition coefficient (Wildman–Crippen LogP) is 2.77. The number of nitrogens with zero attached hydrogens (tertiary/aromatic N) is 2. The Morgan fingerprint density at radius 3 is 3.09 bits per heavy atom. The van der Waals surface area contributed by atoms with E-state index in [1.165, 1.54) is 0 Å². The molecule has 2 N–H and O–H groups in total. The summed E-state index contributed by atoms with van der Waals surface area (Å²) in [5.41, 5.74) is 7.74. The fraction of sp³-hybridized carbons (Fsp3) is 0.267. The van der Waals surface area contributed by atoms with Crippen LogP contribution in [-0.2, 0) is 9.53 Å². The number of carbonyl (C=O) groups excluding carboxylic acids is 1. The van der Waals surface area contributed by atoms with E-state index in [0.29, 0.717) is 28.6 Å². The number of esters is 1. The zero-order valence-electron chi connectivity index (χ0n) is 11.9. The molecule has 7 heteroatoms. The van der Waals surface area contributed by atoms with Gasteiger partial charge in [-0.1, -0.05) is 11.6 Å². The number of ether oxygens (including phenoxy) is 2. The lowest BCUT2D eigenvalue weighted by Gasteiger charge is -2.27. The SMILES string of the molecule is CCOC(=O)CC1Oc2ccc(Cl)cc2-c2nc(N)ncc21. The molecule has 0 saturated carbocycles. The maximum absolute atomic E-state index is 11.8. The second-order valence-electron chi connectivity index (χ2n) is 4.79. The van der Waals surface area contributed by atoms with Crippen LogP contribution in [0.15, 0.2) is 24.4 Å². The standard InChI is InChI=1S/C15H14ClN3O3/c1-2-21-13(20)6-12-10-7-18-15(17)19-14(10)9-5-8(16)3-4-11(9)22-12/h3-5,7,12H,2,6H2,1H3,(H2,17,18,19). The maximum atomic E-state index is 11.8. The summed E-state index contributed by atoms with van der Waals surface area (Å²) in [6.45, 7) is 2.08. The molecule has 0 radical (unpaired) electrons. The highest BCUT2D eigenvalue weighted by atomic mass is 35.5. The topological polar surface area (TPSA) is 87.3 Å². The molecule has 1 aliphatic heterocycles. The van der Waals surface area contributed by atoms with E-state index in [9.17, 15) is 4.79 Å². The van der Waals surface area contributed by atoms with Crippen molar-refractivity contribution in [2.75, 3.05) is 12.3 Å². The first kappa shape index (κ1) is 14.6. The number of nitrogen functional groups attached to an aromatic ring is 1. The molecule has 1 aliphatic rings. The Morgan fingerprint density at radius 2 is 2.32 bits per heavy atom. The van der Waals surface area contributed by atoms with Crippen LogP contribution in [0.2, 0.25) is 5.02 Å². The molecule has 3 rings (SSSR count). The van der Waals surface area contributed by atoms with Gasteiger partial charge in [-0.05, 0) is 25.1 Å². The summed E-state index contributed by atoms with van der Waals surface area (Å²) >= 11 is 6.04. The largest absolute Gasteiger partial charge is 0.484 e. The van der Waals surface area contributed by atoms with Crippen LogP contribution in [0.5, 0.6) is 5.75 Å². The average molecular weight is 320 g/mol. The van der Waals surface area contributed by atoms with E-state index < -0.39 is 6.10 Å². The molecule has 2 heterocycles. The van der Waals surface area contributed by atoms with Crippen molar-refractivity contribution in [3.8, 4) is 17.0 Å². The minimum atomic E-state index is -0.511. The van der Waals surface area contributed by atoms with Gasteiger partial charge in [-0.3, -0.25) is 4.79 Å². The van der Waals surface area contributed by atoms with Crippen molar-refractivity contribution in [2.24, 2.45) is 0 Å². The molecule has 1 aromatic heterocycles. The van der Waals surface area contributed by atoms with Crippen molar-refractivity contribution in [2.45, 2.75) is 19.4 Å². The third kappa shape index (κ3) is 2.69. The first-order valence-electron chi connectivity index (χ1n) is 6.83. The van der Waals surface area contributed by atoms with E-state index in [4.69, 9.17) is 26.8 Å². The van der Waals surface area contributed by atoms with Gasteiger partial charge in [-0.15, -0.1) is 0 Å². The van der Waals surface area contributed by atoms with Crippen LogP contribution in [0.1, 0.15) is 25.0 Å². The maximum Gasteiger partial charge on any atom is 0.309 e. The van der Waals surface area contributed by atoms with Gasteiger partial charge in [0.25, 0.3) is 0 Å². The number of hydrogen-bond acceptors (Lipinski definition) is 6. The van der Waals surface area contributed by atoms with Crippen molar-refractivity contribution >= 4 is 23.5 Å². The first-order valence-corrected chi connectivity index (χ1v) is 7.21. The minimum absolute atomic E-state index is 0.0795. The van der Waals surface area contributed by atoms with Crippen LogP contribution >= 0.6 is 11.6 Å². The third-order valence-corrected chi connectivity index (χ3v) is 3.54. The van der Waals surface area contributed by atoms with Gasteiger partial charge in [0.05, 0.1) is 18.7 Å². The van der Waals surface area contributed by atoms with E-state index in [2.05, 4.69) is 9.97 Å². The number of aromatic nitrogens is 2. The summed E-state index contributed by atoms with van der Waals surface area (Å²) in [5.74, 6) is 0.415. The lowest BCUT2D eigenvalue weighted by molar-refractivity contribution is -0.145. The van der Waals surface area contributed by atoms with Crippen LogP contribution in [0.25, 0.3) is 11.3 Å². The number of fused-ring (bicyclic) bond motifs is 3. The third-order valence-electron chi connectivity index (χ3n) is 3.31. The Morgan fingerprint density at radius 1 is 1.50 bits per heavy atom. The molecule has 114 valence electrons. The zero-order chi connectivity index (χ0) is 15.7. The van der Waals surface area contributed by atoms with Gasteiger partial charge in [0.2, 0.25) is 5.95 Å². The minimum Gasteiger partial charge on any atom is -0.484 e. The molecule has 0 bridgehead atoms. The van der Waals surface area contributed by atoms with Gasteiger partial charge < -0.3 is 15.2 Å². The number of halogens is 1. The van der Waals surface area contributed by atoms with Crippen LogP contribution in [0, 0.1) is 0 Å². The lowest BCUT2D eigenvalue weighted by atomic mass is 9.97. The Kier molecular flexibility index (Phi) is 3.85. The van der Waals surface area contributed by atoms with Crippen molar-refractivity contribution < 1.29 is 14.3 Å². The molecule has 1 atom stereocenters. The fourth-order valence-electron chi connectivity index (χ4n) is 2.39. The molecule has 1 aromatic carbocycles. The van der Waals surface area contributed by atoms with E-state index >= 15 is 0 Å². The lowest BCUT2D eigenvalue weighted by Crippen LogP contribution is -2.20. The van der Waals surface area contributed by atoms with Gasteiger partial charge in [0.15, 0.2) is 0 Å². The smallest absolute Gasteiger partial charge is 0.309 e. The number of benzene rings is 1. The predicted molar refractivity (Wildman–Crippen MR) is 81.5 cm³/mol. The fourth-order valence-corrected chi connectivity index (χ4v) is 2.56. The van der Waals surface area contributed by atoms with Crippen molar-refractivity contribution in [3.63, 3.8) is 0 Å². The van der Waals surface area contributed by atoms with Crippen LogP contribution in [0.3, 0.4) is 0 Å². The molecule has 6 nitrogen and oxygen atoms in total. The highest BCUT2D eigenvalue weighted by molar-refractivity contribution is 6.31. The van der Waals surface area contributed by atoms with Gasteiger partial charge in [0, 0.05) is 22.3 Å². The number of anilines is 1. The Labute approximate surface area is 132 Å². The highest BCUT2D eigenvalue weighted by Crippen LogP contribution is 2.43. The number of hydrogen-bond donors (Lipinski definition) is 1. The average Bonchev–Trinajstić information content (AvgIpc) is 2.48. The highest BCUT2D eigenvalue weighted by Gasteiger charge is 2.30. The molecular weight excluding hydrogens is 306 g/mol. The molecule has 22 heavy (non-hydrogen) atoms. The quantitative estimate of drug-likeness (QED) is 0.875. The molecule has 1 unspecified atom stereocenters. The van der Waals surface area contributed by atoms with Crippen LogP contribution < -0.4 is 10.5 Å². The van der Waals surface area contributed by atoms with Crippen molar-refractivity contribution in [1.29, 1.82) is 0 Å². The molecule has 0 fully saturated rings. The van der Waals surface area contributed by atoms with E-state index in [1.54, 1.807) is 31.3 Å². The monoisotopic (exact) mass is 319 g/mol. The molecule has 2 aromatic rings. The number of rotatable bonds is 3. The van der Waals surface area contributed by atoms with E-state index in [0.717, 1.165) is 5.56 Å². The zero-order valence-corrected chi connectivity index (χ0v) is 12.6. The van der Waals surface area contributed by atoms with Gasteiger partial charge in [-0.25, -0.2) is 9.97 Å². The number of nitrogens with two attached hydrogens (primary N) is 1. The summed E-state index contributed by atoms with van der Waals surface area (Å²) in [4.78, 5) is 20.0. The first-order chi connectivity index (χ1) is 10.6. The molecule has 0 saturated heterocycles. The summed E-state index contributed by atoms with van der Waals surface area (Å²) in [5, 5.41) is 0.564.